The zero-order chi connectivity index (χ0) is 8.31. The molecule has 0 spiro atoms. The number of carbonyl (C=O) groups excluding carboxylic acids is 1. The lowest BCUT2D eigenvalue weighted by molar-refractivity contribution is -0.126. The maximum atomic E-state index is 11.3. The van der Waals surface area contributed by atoms with Crippen LogP contribution in [0, 0.1) is 17.8 Å². The van der Waals surface area contributed by atoms with Crippen LogP contribution in [0.2, 0.25) is 0 Å². The number of carbonyl (C=O) groups is 1. The fraction of sp³-hybridized carbons (Fsp3) is 0.889. The summed E-state index contributed by atoms with van der Waals surface area (Å²) in [5, 5.41) is 0. The maximum Gasteiger partial charge on any atom is 0.138 e. The van der Waals surface area contributed by atoms with Crippen molar-refractivity contribution in [1.29, 1.82) is 0 Å². The molecule has 0 aromatic rings. The molecule has 10 heavy (non-hydrogen) atoms. The highest BCUT2D eigenvalue weighted by molar-refractivity contribution is 5.82. The molecule has 0 aliphatic rings. The predicted molar refractivity (Wildman–Crippen MR) is 43.8 cm³/mol. The number of Topliss-reactive ketones (excluding diaryl/α,β-unsaturated/α-hetero) is 1. The standard InChI is InChI=1S/C9H18O/c1-6(2)8(5)9(10)7(3)4/h6-8H,1-5H3/t8-/m1/s1. The normalized spacial score (nSPS) is 14.3. The summed E-state index contributed by atoms with van der Waals surface area (Å²) in [4.78, 5) is 11.3. The second-order valence-corrected chi connectivity index (χ2v) is 3.59. The molecule has 60 valence electrons. The summed E-state index contributed by atoms with van der Waals surface area (Å²) in [6, 6.07) is 0. The van der Waals surface area contributed by atoms with Crippen molar-refractivity contribution in [3.63, 3.8) is 0 Å². The van der Waals surface area contributed by atoms with E-state index in [-0.39, 0.29) is 11.8 Å². The van der Waals surface area contributed by atoms with E-state index in [0.29, 0.717) is 11.7 Å². The van der Waals surface area contributed by atoms with Gasteiger partial charge < -0.3 is 0 Å². The van der Waals surface area contributed by atoms with Crippen LogP contribution in [0.15, 0.2) is 0 Å². The third-order valence-electron chi connectivity index (χ3n) is 2.02. The molecule has 0 amide bonds. The Hall–Kier alpha value is -0.330. The smallest absolute Gasteiger partial charge is 0.138 e. The maximum absolute atomic E-state index is 11.3. The van der Waals surface area contributed by atoms with E-state index in [9.17, 15) is 4.79 Å². The lowest BCUT2D eigenvalue weighted by Crippen LogP contribution is -2.21. The molecular weight excluding hydrogens is 124 g/mol. The zero-order valence-corrected chi connectivity index (χ0v) is 7.64. The third kappa shape index (κ3) is 2.51. The minimum Gasteiger partial charge on any atom is -0.299 e. The van der Waals surface area contributed by atoms with Gasteiger partial charge in [-0.1, -0.05) is 34.6 Å². The Labute approximate surface area is 63.8 Å². The lowest BCUT2D eigenvalue weighted by atomic mass is 9.88. The molecule has 1 heteroatoms. The summed E-state index contributed by atoms with van der Waals surface area (Å²) >= 11 is 0. The molecule has 0 heterocycles. The van der Waals surface area contributed by atoms with Crippen LogP contribution in [-0.2, 0) is 4.79 Å². The second kappa shape index (κ2) is 3.75. The van der Waals surface area contributed by atoms with Gasteiger partial charge in [0.15, 0.2) is 0 Å². The van der Waals surface area contributed by atoms with Gasteiger partial charge in [-0.05, 0) is 5.92 Å². The highest BCUT2D eigenvalue weighted by Gasteiger charge is 2.18. The fourth-order valence-corrected chi connectivity index (χ4v) is 0.854. The van der Waals surface area contributed by atoms with E-state index in [1.54, 1.807) is 0 Å². The summed E-state index contributed by atoms with van der Waals surface area (Å²) in [7, 11) is 0. The molecule has 0 aliphatic carbocycles. The number of hydrogen-bond donors (Lipinski definition) is 0. The van der Waals surface area contributed by atoms with Crippen LogP contribution < -0.4 is 0 Å². The topological polar surface area (TPSA) is 17.1 Å². The van der Waals surface area contributed by atoms with Crippen LogP contribution in [-0.4, -0.2) is 5.78 Å². The Morgan fingerprint density at radius 1 is 1.00 bits per heavy atom. The molecule has 1 nitrogen and oxygen atoms in total. The van der Waals surface area contributed by atoms with E-state index in [1.165, 1.54) is 0 Å². The van der Waals surface area contributed by atoms with Gasteiger partial charge >= 0.3 is 0 Å². The average Bonchev–Trinajstić information content (AvgIpc) is 1.84. The predicted octanol–water partition coefficient (Wildman–Crippen LogP) is 2.50. The van der Waals surface area contributed by atoms with E-state index < -0.39 is 0 Å². The van der Waals surface area contributed by atoms with Gasteiger partial charge in [-0.25, -0.2) is 0 Å². The molecule has 0 rings (SSSR count). The first-order valence-corrected chi connectivity index (χ1v) is 4.00. The first-order chi connectivity index (χ1) is 4.46. The molecule has 0 aliphatic heterocycles. The van der Waals surface area contributed by atoms with Crippen molar-refractivity contribution < 1.29 is 4.79 Å². The summed E-state index contributed by atoms with van der Waals surface area (Å²) in [6.07, 6.45) is 0. The van der Waals surface area contributed by atoms with Crippen molar-refractivity contribution in [1.82, 2.24) is 0 Å². The van der Waals surface area contributed by atoms with Crippen LogP contribution in [0.25, 0.3) is 0 Å². The van der Waals surface area contributed by atoms with E-state index in [0.717, 1.165) is 0 Å². The molecular formula is C9H18O. The monoisotopic (exact) mass is 142 g/mol. The van der Waals surface area contributed by atoms with Gasteiger partial charge in [0.1, 0.15) is 5.78 Å². The molecule has 0 saturated heterocycles. The van der Waals surface area contributed by atoms with E-state index in [2.05, 4.69) is 13.8 Å². The van der Waals surface area contributed by atoms with Crippen LogP contribution in [0.1, 0.15) is 34.6 Å². The van der Waals surface area contributed by atoms with Crippen LogP contribution >= 0.6 is 0 Å². The van der Waals surface area contributed by atoms with Crippen LogP contribution in [0.3, 0.4) is 0 Å². The molecule has 0 saturated carbocycles. The van der Waals surface area contributed by atoms with Crippen molar-refractivity contribution in [3.05, 3.63) is 0 Å². The number of ketones is 1. The van der Waals surface area contributed by atoms with Gasteiger partial charge in [-0.15, -0.1) is 0 Å². The van der Waals surface area contributed by atoms with Crippen LogP contribution in [0.4, 0.5) is 0 Å². The van der Waals surface area contributed by atoms with E-state index >= 15 is 0 Å². The highest BCUT2D eigenvalue weighted by atomic mass is 16.1. The third-order valence-corrected chi connectivity index (χ3v) is 2.02. The summed E-state index contributed by atoms with van der Waals surface area (Å²) in [5.74, 6) is 1.28. The molecule has 0 N–H and O–H groups in total. The van der Waals surface area contributed by atoms with E-state index in [1.807, 2.05) is 20.8 Å². The molecule has 0 aromatic heterocycles. The molecule has 0 radical (unpaired) electrons. The van der Waals surface area contributed by atoms with Gasteiger partial charge in [-0.2, -0.15) is 0 Å². The fourth-order valence-electron chi connectivity index (χ4n) is 0.854. The summed E-state index contributed by atoms with van der Waals surface area (Å²) in [5.41, 5.74) is 0. The Balaban J connectivity index is 3.95. The minimum atomic E-state index is 0.192. The van der Waals surface area contributed by atoms with Crippen molar-refractivity contribution in [3.8, 4) is 0 Å². The van der Waals surface area contributed by atoms with Gasteiger partial charge in [0.05, 0.1) is 0 Å². The molecule has 0 bridgehead atoms. The first-order valence-electron chi connectivity index (χ1n) is 4.00. The average molecular weight is 142 g/mol. The van der Waals surface area contributed by atoms with Crippen molar-refractivity contribution in [2.45, 2.75) is 34.6 Å². The van der Waals surface area contributed by atoms with Crippen molar-refractivity contribution in [2.24, 2.45) is 17.8 Å². The minimum absolute atomic E-state index is 0.192. The van der Waals surface area contributed by atoms with Gasteiger partial charge in [0.2, 0.25) is 0 Å². The van der Waals surface area contributed by atoms with Crippen LogP contribution in [0.5, 0.6) is 0 Å². The largest absolute Gasteiger partial charge is 0.299 e. The Kier molecular flexibility index (Phi) is 3.62. The molecule has 0 unspecified atom stereocenters. The molecule has 0 aromatic carbocycles. The zero-order valence-electron chi connectivity index (χ0n) is 7.64. The highest BCUT2D eigenvalue weighted by Crippen LogP contribution is 2.14. The number of rotatable bonds is 3. The Morgan fingerprint density at radius 2 is 1.40 bits per heavy atom. The van der Waals surface area contributed by atoms with Crippen molar-refractivity contribution >= 4 is 5.78 Å². The van der Waals surface area contributed by atoms with Gasteiger partial charge in [0, 0.05) is 11.8 Å². The number of hydrogen-bond acceptors (Lipinski definition) is 1. The van der Waals surface area contributed by atoms with E-state index in [4.69, 9.17) is 0 Å². The Morgan fingerprint density at radius 3 is 1.50 bits per heavy atom. The summed E-state index contributed by atoms with van der Waals surface area (Å²) in [6.45, 7) is 10.1. The molecule has 0 fully saturated rings. The SMILES string of the molecule is CC(C)C(=O)[C@H](C)C(C)C. The lowest BCUT2D eigenvalue weighted by Gasteiger charge is -2.15. The van der Waals surface area contributed by atoms with Gasteiger partial charge in [0.25, 0.3) is 0 Å². The molecule has 1 atom stereocenters. The summed E-state index contributed by atoms with van der Waals surface area (Å²) < 4.78 is 0. The second-order valence-electron chi connectivity index (χ2n) is 3.59. The van der Waals surface area contributed by atoms with Gasteiger partial charge in [-0.3, -0.25) is 4.79 Å². The first kappa shape index (κ1) is 9.67. The quantitative estimate of drug-likeness (QED) is 0.591. The Bertz CT molecular complexity index is 114. The van der Waals surface area contributed by atoms with Crippen molar-refractivity contribution in [2.75, 3.05) is 0 Å².